The van der Waals surface area contributed by atoms with E-state index in [0.29, 0.717) is 24.3 Å². The molecule has 2 aliphatic heterocycles. The van der Waals surface area contributed by atoms with E-state index in [1.54, 1.807) is 12.1 Å². The summed E-state index contributed by atoms with van der Waals surface area (Å²) < 4.78 is 24.3. The minimum absolute atomic E-state index is 0.190. The fourth-order valence-electron chi connectivity index (χ4n) is 12.2. The molecule has 2 heterocycles. The molecule has 0 saturated heterocycles. The highest BCUT2D eigenvalue weighted by Gasteiger charge is 2.49. The summed E-state index contributed by atoms with van der Waals surface area (Å²) in [4.78, 5) is 54.4. The molecule has 4 aromatic carbocycles. The average Bonchev–Trinajstić information content (AvgIpc) is 3.58. The smallest absolute Gasteiger partial charge is 0.338 e. The zero-order valence-electron chi connectivity index (χ0n) is 43.5. The Morgan fingerprint density at radius 1 is 0.611 bits per heavy atom. The van der Waals surface area contributed by atoms with Gasteiger partial charge in [-0.2, -0.15) is 0 Å². The van der Waals surface area contributed by atoms with E-state index < -0.39 is 11.2 Å². The number of hydrogen-bond donors (Lipinski definition) is 0. The van der Waals surface area contributed by atoms with Gasteiger partial charge in [-0.15, -0.1) is 0 Å². The van der Waals surface area contributed by atoms with Crippen molar-refractivity contribution in [3.63, 3.8) is 0 Å². The molecule has 0 unspecified atom stereocenters. The van der Waals surface area contributed by atoms with E-state index in [2.05, 4.69) is 47.9 Å². The molecule has 0 radical (unpaired) electrons. The van der Waals surface area contributed by atoms with Crippen LogP contribution >= 0.6 is 23.2 Å². The van der Waals surface area contributed by atoms with E-state index >= 15 is 0 Å². The quantitative estimate of drug-likeness (QED) is 0.125. The molecule has 10 rings (SSSR count). The molecule has 0 aromatic heterocycles. The molecule has 72 heavy (non-hydrogen) atoms. The van der Waals surface area contributed by atoms with Crippen molar-refractivity contribution in [3.8, 4) is 11.5 Å². The Morgan fingerprint density at radius 3 is 1.36 bits per heavy atom. The minimum Gasteiger partial charge on any atom is -0.490 e. The Hall–Kier alpha value is -5.06. The van der Waals surface area contributed by atoms with Crippen LogP contribution in [-0.2, 0) is 42.7 Å². The van der Waals surface area contributed by atoms with Crippen LogP contribution < -0.4 is 19.3 Å². The monoisotopic (exact) mass is 1020 g/mol. The standard InChI is InChI=1S/2C30H36ClNO4/c2*1-28(2,3)36-27(34)21-7-10-26-25(15-21)32(16-22-11-13-29(22,4)18-33)17-30(19-35-26)12-5-6-20-14-23(31)8-9-24(20)30/h2*7-10,14-15,18,22H,5-6,11-13,16-17,19H2,1-4H3/t22-,29+,30+;22-,29+,30-/m10/s1. The molecule has 384 valence electrons. The summed E-state index contributed by atoms with van der Waals surface area (Å²) in [7, 11) is 0. The van der Waals surface area contributed by atoms with Gasteiger partial charge in [0.25, 0.3) is 0 Å². The first-order valence-corrected chi connectivity index (χ1v) is 26.8. The number of aryl methyl sites for hydroxylation is 2. The van der Waals surface area contributed by atoms with Gasteiger partial charge in [-0.25, -0.2) is 9.59 Å². The van der Waals surface area contributed by atoms with Gasteiger partial charge in [0.05, 0.1) is 35.7 Å². The lowest BCUT2D eigenvalue weighted by atomic mass is 9.62. The zero-order chi connectivity index (χ0) is 51.4. The van der Waals surface area contributed by atoms with E-state index in [4.69, 9.17) is 42.1 Å². The number of fused-ring (bicyclic) bond motifs is 6. The van der Waals surface area contributed by atoms with Crippen molar-refractivity contribution in [1.82, 2.24) is 0 Å². The Labute approximate surface area is 436 Å². The van der Waals surface area contributed by atoms with E-state index in [-0.39, 0.29) is 45.4 Å². The molecule has 0 N–H and O–H groups in total. The normalized spacial score (nSPS) is 27.2. The number of benzene rings is 4. The van der Waals surface area contributed by atoms with E-state index in [0.717, 1.165) is 136 Å². The molecule has 2 spiro atoms. The lowest BCUT2D eigenvalue weighted by Gasteiger charge is -2.47. The van der Waals surface area contributed by atoms with Gasteiger partial charge < -0.3 is 38.3 Å². The summed E-state index contributed by atoms with van der Waals surface area (Å²) in [6.45, 7) is 19.5. The lowest BCUT2D eigenvalue weighted by molar-refractivity contribution is -0.124. The van der Waals surface area contributed by atoms with Crippen LogP contribution in [0.15, 0.2) is 72.8 Å². The summed E-state index contributed by atoms with van der Waals surface area (Å²) in [6.07, 6.45) is 12.3. The third-order valence-electron chi connectivity index (χ3n) is 16.7. The second-order valence-corrected chi connectivity index (χ2v) is 25.2. The first kappa shape index (κ1) is 51.8. The fourth-order valence-corrected chi connectivity index (χ4v) is 12.6. The Kier molecular flexibility index (Phi) is 14.1. The van der Waals surface area contributed by atoms with E-state index in [9.17, 15) is 19.2 Å². The van der Waals surface area contributed by atoms with Crippen LogP contribution in [0.2, 0.25) is 10.0 Å². The predicted octanol–water partition coefficient (Wildman–Crippen LogP) is 12.8. The summed E-state index contributed by atoms with van der Waals surface area (Å²) in [5, 5.41) is 1.53. The SMILES string of the molecule is CC(C)(C)OC(=O)c1ccc2c(c1)N(C[C@@H]1CC[C@]1(C)C=O)C[C@@]1(CCCc3cc(Cl)ccc31)CO2.CC(C)(C)OC(=O)c1ccc2c(c1)N(C[C@H]1CC[C@@]1(C)C=O)C[C@@]1(CCCc3cc(Cl)ccc31)CO2. The molecule has 2 saturated carbocycles. The second-order valence-electron chi connectivity index (χ2n) is 24.3. The molecule has 4 aliphatic carbocycles. The topological polar surface area (TPSA) is 112 Å². The van der Waals surface area contributed by atoms with Gasteiger partial charge in [-0.3, -0.25) is 0 Å². The molecule has 0 bridgehead atoms. The van der Waals surface area contributed by atoms with Crippen molar-refractivity contribution in [2.75, 3.05) is 49.2 Å². The van der Waals surface area contributed by atoms with Crippen LogP contribution in [0.1, 0.15) is 150 Å². The molecular formula is C60H72Cl2N2O8. The van der Waals surface area contributed by atoms with Crippen LogP contribution in [-0.4, -0.2) is 75.1 Å². The first-order chi connectivity index (χ1) is 34.0. The number of ether oxygens (including phenoxy) is 4. The molecule has 6 atom stereocenters. The molecule has 10 nitrogen and oxygen atoms in total. The zero-order valence-corrected chi connectivity index (χ0v) is 45.0. The van der Waals surface area contributed by atoms with Gasteiger partial charge in [-0.05, 0) is 201 Å². The second kappa shape index (κ2) is 19.7. The van der Waals surface area contributed by atoms with Crippen LogP contribution in [0, 0.1) is 22.7 Å². The van der Waals surface area contributed by atoms with Crippen molar-refractivity contribution in [1.29, 1.82) is 0 Å². The number of rotatable bonds is 8. The minimum atomic E-state index is -0.574. The molecular weight excluding hydrogens is 948 g/mol. The average molecular weight is 1020 g/mol. The van der Waals surface area contributed by atoms with Gasteiger partial charge in [0, 0.05) is 57.9 Å². The van der Waals surface area contributed by atoms with Crippen LogP contribution in [0.4, 0.5) is 11.4 Å². The number of halogens is 2. The maximum Gasteiger partial charge on any atom is 0.338 e. The van der Waals surface area contributed by atoms with Gasteiger partial charge in [0.15, 0.2) is 0 Å². The van der Waals surface area contributed by atoms with Gasteiger partial charge >= 0.3 is 11.9 Å². The number of esters is 2. The Morgan fingerprint density at radius 2 is 1.01 bits per heavy atom. The lowest BCUT2D eigenvalue weighted by Crippen LogP contribution is -2.51. The van der Waals surface area contributed by atoms with Crippen LogP contribution in [0.3, 0.4) is 0 Å². The molecule has 4 aromatic rings. The Balaban J connectivity index is 0.000000178. The number of carbonyl (C=O) groups excluding carboxylic acids is 4. The number of nitrogens with zero attached hydrogens (tertiary/aromatic N) is 2. The number of hydrogen-bond acceptors (Lipinski definition) is 10. The fraction of sp³-hybridized carbons (Fsp3) is 0.533. The van der Waals surface area contributed by atoms with Crippen molar-refractivity contribution in [2.24, 2.45) is 22.7 Å². The molecule has 6 aliphatic rings. The summed E-state index contributed by atoms with van der Waals surface area (Å²) in [5.74, 6) is 1.37. The highest BCUT2D eigenvalue weighted by Crippen LogP contribution is 2.51. The third kappa shape index (κ3) is 10.5. The third-order valence-corrected chi connectivity index (χ3v) is 17.2. The molecule has 2 fully saturated rings. The Bertz CT molecular complexity index is 2560. The van der Waals surface area contributed by atoms with Gasteiger partial charge in [0.1, 0.15) is 35.3 Å². The first-order valence-electron chi connectivity index (χ1n) is 26.0. The predicted molar refractivity (Wildman–Crippen MR) is 285 cm³/mol. The molecule has 0 amide bonds. The van der Waals surface area contributed by atoms with Crippen molar-refractivity contribution < 1.29 is 38.1 Å². The van der Waals surface area contributed by atoms with Crippen LogP contribution in [0.25, 0.3) is 0 Å². The van der Waals surface area contributed by atoms with Crippen molar-refractivity contribution >= 4 is 59.1 Å². The van der Waals surface area contributed by atoms with E-state index in [1.165, 1.54) is 22.3 Å². The maximum atomic E-state index is 12.9. The van der Waals surface area contributed by atoms with E-state index in [1.807, 2.05) is 77.9 Å². The maximum absolute atomic E-state index is 12.9. The summed E-state index contributed by atoms with van der Waals surface area (Å²) >= 11 is 12.7. The molecule has 12 heteroatoms. The highest BCUT2D eigenvalue weighted by molar-refractivity contribution is 6.31. The summed E-state index contributed by atoms with van der Waals surface area (Å²) in [5.41, 5.74) is 5.87. The van der Waals surface area contributed by atoms with Crippen molar-refractivity contribution in [3.05, 3.63) is 116 Å². The van der Waals surface area contributed by atoms with Gasteiger partial charge in [0.2, 0.25) is 0 Å². The largest absolute Gasteiger partial charge is 0.490 e. The van der Waals surface area contributed by atoms with Crippen LogP contribution in [0.5, 0.6) is 11.5 Å². The number of anilines is 2. The number of carbonyl (C=O) groups is 4. The highest BCUT2D eigenvalue weighted by atomic mass is 35.5. The summed E-state index contributed by atoms with van der Waals surface area (Å²) in [6, 6.07) is 23.7. The number of aldehydes is 2. The van der Waals surface area contributed by atoms with Crippen molar-refractivity contribution in [2.45, 2.75) is 142 Å². The van der Waals surface area contributed by atoms with Gasteiger partial charge in [-0.1, -0.05) is 49.2 Å².